The van der Waals surface area contributed by atoms with Crippen LogP contribution in [-0.2, 0) is 0 Å². The number of thioether (sulfide) groups is 2. The molecule has 256 valence electrons. The SMILES string of the molecule is O=C1N(C2=N/C(=C(/F)C(F)(F)F)C(C(F)(F)F)(C(F)(F)F)S2)CCCN1C1=N/C(=C(/F)C(F)(F)F)C(C(F)(F)F)(C(F)(F)F)S1. The quantitative estimate of drug-likeness (QED) is 0.234. The highest BCUT2D eigenvalue weighted by atomic mass is 32.2. The Morgan fingerprint density at radius 1 is 0.556 bits per heavy atom. The number of amides is 2. The normalized spacial score (nSPS) is 24.2. The van der Waals surface area contributed by atoms with Gasteiger partial charge in [0.2, 0.25) is 11.7 Å². The first-order valence-electron chi connectivity index (χ1n) is 10.7. The van der Waals surface area contributed by atoms with E-state index in [0.717, 1.165) is 0 Å². The Labute approximate surface area is 242 Å². The third-order valence-corrected chi connectivity index (χ3v) is 8.68. The zero-order valence-electron chi connectivity index (χ0n) is 20.2. The van der Waals surface area contributed by atoms with Crippen LogP contribution in [0, 0.1) is 0 Å². The number of halogens is 20. The van der Waals surface area contributed by atoms with Gasteiger partial charge in [-0.1, -0.05) is 23.5 Å². The van der Waals surface area contributed by atoms with E-state index in [4.69, 9.17) is 0 Å². The first-order valence-corrected chi connectivity index (χ1v) is 12.4. The molecule has 0 unspecified atom stereocenters. The van der Waals surface area contributed by atoms with Crippen molar-refractivity contribution in [2.24, 2.45) is 9.98 Å². The Morgan fingerprint density at radius 2 is 0.822 bits per heavy atom. The molecule has 0 saturated carbocycles. The number of hydrogen-bond acceptors (Lipinski definition) is 5. The highest BCUT2D eigenvalue weighted by molar-refractivity contribution is 8.16. The summed E-state index contributed by atoms with van der Waals surface area (Å²) in [4.78, 5) is 16.7. The van der Waals surface area contributed by atoms with Crippen LogP contribution < -0.4 is 0 Å². The Balaban J connectivity index is 2.21. The molecule has 1 fully saturated rings. The molecule has 0 bridgehead atoms. The topological polar surface area (TPSA) is 48.3 Å². The van der Waals surface area contributed by atoms with E-state index in [0.29, 0.717) is 0 Å². The molecular weight excluding hydrogens is 732 g/mol. The van der Waals surface area contributed by atoms with E-state index in [1.54, 1.807) is 0 Å². The van der Waals surface area contributed by atoms with Crippen LogP contribution in [-0.4, -0.2) is 85.8 Å². The number of allylic oxidation sites excluding steroid dienone is 2. The van der Waals surface area contributed by atoms with E-state index in [1.165, 1.54) is 0 Å². The molecule has 3 aliphatic rings. The summed E-state index contributed by atoms with van der Waals surface area (Å²) in [7, 11) is 0. The Kier molecular flexibility index (Phi) is 8.77. The van der Waals surface area contributed by atoms with Crippen molar-refractivity contribution < 1.29 is 92.6 Å². The molecule has 1 saturated heterocycles. The second-order valence-corrected chi connectivity index (χ2v) is 11.0. The first kappa shape index (κ1) is 36.9. The average Bonchev–Trinajstić information content (AvgIpc) is 3.42. The molecule has 45 heavy (non-hydrogen) atoms. The van der Waals surface area contributed by atoms with Crippen molar-refractivity contribution in [3.05, 3.63) is 23.0 Å². The zero-order chi connectivity index (χ0) is 35.1. The fraction of sp³-hybridized carbons (Fsp3) is 0.611. The summed E-state index contributed by atoms with van der Waals surface area (Å²) < 4.78 is 259. The number of rotatable bonds is 0. The van der Waals surface area contributed by atoms with Crippen molar-refractivity contribution in [3.8, 4) is 0 Å². The lowest BCUT2D eigenvalue weighted by Gasteiger charge is -2.37. The Morgan fingerprint density at radius 3 is 1.04 bits per heavy atom. The van der Waals surface area contributed by atoms with Crippen molar-refractivity contribution in [2.75, 3.05) is 13.1 Å². The lowest BCUT2D eigenvalue weighted by Crippen LogP contribution is -2.57. The maximum Gasteiger partial charge on any atom is 0.444 e. The van der Waals surface area contributed by atoms with Crippen LogP contribution in [0.1, 0.15) is 6.42 Å². The van der Waals surface area contributed by atoms with Crippen molar-refractivity contribution in [1.29, 1.82) is 0 Å². The smallest absolute Gasteiger partial charge is 0.272 e. The van der Waals surface area contributed by atoms with Gasteiger partial charge < -0.3 is 0 Å². The lowest BCUT2D eigenvalue weighted by atomic mass is 10.0. The predicted octanol–water partition coefficient (Wildman–Crippen LogP) is 8.53. The number of nitrogens with zero attached hydrogens (tertiary/aromatic N) is 4. The second-order valence-electron chi connectivity index (χ2n) is 8.61. The minimum atomic E-state index is -6.86. The van der Waals surface area contributed by atoms with Gasteiger partial charge in [-0.3, -0.25) is 9.80 Å². The van der Waals surface area contributed by atoms with Crippen molar-refractivity contribution in [1.82, 2.24) is 9.80 Å². The molecule has 3 rings (SSSR count). The summed E-state index contributed by atoms with van der Waals surface area (Å²) in [5, 5.41) is -4.10. The van der Waals surface area contributed by atoms with Crippen LogP contribution in [0.5, 0.6) is 0 Å². The summed E-state index contributed by atoms with van der Waals surface area (Å²) in [5.41, 5.74) is -6.75. The maximum atomic E-state index is 14.0. The van der Waals surface area contributed by atoms with Gasteiger partial charge in [0.15, 0.2) is 10.3 Å². The van der Waals surface area contributed by atoms with Crippen molar-refractivity contribution >= 4 is 39.9 Å². The minimum absolute atomic E-state index is 0.454. The molecule has 3 heterocycles. The molecule has 5 nitrogen and oxygen atoms in total. The van der Waals surface area contributed by atoms with Crippen molar-refractivity contribution in [3.63, 3.8) is 0 Å². The van der Waals surface area contributed by atoms with Gasteiger partial charge in [-0.05, 0) is 6.42 Å². The molecule has 0 atom stereocenters. The highest BCUT2D eigenvalue weighted by Crippen LogP contribution is 2.64. The molecule has 0 radical (unpaired) electrons. The number of carbonyl (C=O) groups is 1. The Bertz CT molecular complexity index is 1230. The number of aliphatic imine (C=N–C) groups is 2. The highest BCUT2D eigenvalue weighted by Gasteiger charge is 2.80. The molecular formula is C18H6F20N4OS2. The van der Waals surface area contributed by atoms with Gasteiger partial charge >= 0.3 is 43.1 Å². The van der Waals surface area contributed by atoms with E-state index in [2.05, 4.69) is 9.98 Å². The molecule has 3 aliphatic heterocycles. The van der Waals surface area contributed by atoms with Crippen LogP contribution >= 0.6 is 23.5 Å². The number of alkyl halides is 18. The van der Waals surface area contributed by atoms with Gasteiger partial charge in [-0.25, -0.2) is 14.8 Å². The standard InChI is InChI=1S/C18H6F20N4OS2/c19-4(13(21,22)23)6-11(15(27,28)29,16(30,31)32)44-8(39-6)41-2-1-3-42(10(41)43)9-40-7(5(20)14(24,25)26)12(45-9,17(33,34)35)18(36,37)38/h1-3H2/b6-4+,7-5+. The molecule has 0 aromatic carbocycles. The minimum Gasteiger partial charge on any atom is -0.272 e. The van der Waals surface area contributed by atoms with Crippen LogP contribution in [0.3, 0.4) is 0 Å². The molecule has 27 heteroatoms. The second kappa shape index (κ2) is 10.7. The predicted molar refractivity (Wildman–Crippen MR) is 112 cm³/mol. The van der Waals surface area contributed by atoms with E-state index in [-0.39, 0.29) is 0 Å². The van der Waals surface area contributed by atoms with Gasteiger partial charge in [0.05, 0.1) is 0 Å². The van der Waals surface area contributed by atoms with E-state index < -0.39 is 139 Å². The van der Waals surface area contributed by atoms with E-state index in [9.17, 15) is 92.6 Å². The molecule has 0 aliphatic carbocycles. The Hall–Kier alpha value is -2.61. The third kappa shape index (κ3) is 5.78. The summed E-state index contributed by atoms with van der Waals surface area (Å²) in [6, 6.07) is -2.28. The molecule has 2 amide bonds. The van der Waals surface area contributed by atoms with Crippen LogP contribution in [0.25, 0.3) is 0 Å². The van der Waals surface area contributed by atoms with Gasteiger partial charge in [0, 0.05) is 13.1 Å². The van der Waals surface area contributed by atoms with Gasteiger partial charge in [0.25, 0.3) is 9.49 Å². The number of hydrogen-bond donors (Lipinski definition) is 0. The zero-order valence-corrected chi connectivity index (χ0v) is 21.8. The number of urea groups is 1. The molecule has 0 N–H and O–H groups in total. The summed E-state index contributed by atoms with van der Waals surface area (Å²) in [6.45, 7) is -2.34. The monoisotopic (exact) mass is 738 g/mol. The fourth-order valence-electron chi connectivity index (χ4n) is 3.84. The van der Waals surface area contributed by atoms with Gasteiger partial charge in [-0.15, -0.1) is 0 Å². The van der Waals surface area contributed by atoms with E-state index in [1.807, 2.05) is 0 Å². The summed E-state index contributed by atoms with van der Waals surface area (Å²) >= 11 is -3.50. The molecule has 0 aromatic rings. The summed E-state index contributed by atoms with van der Waals surface area (Å²) in [6.07, 6.45) is -41.4. The number of amidine groups is 2. The molecule has 0 spiro atoms. The number of carbonyl (C=O) groups excluding carboxylic acids is 1. The van der Waals surface area contributed by atoms with Crippen LogP contribution in [0.2, 0.25) is 0 Å². The third-order valence-electron chi connectivity index (χ3n) is 5.77. The average molecular weight is 738 g/mol. The largest absolute Gasteiger partial charge is 0.444 e. The summed E-state index contributed by atoms with van der Waals surface area (Å²) in [5.74, 6) is -8.09. The van der Waals surface area contributed by atoms with E-state index >= 15 is 0 Å². The van der Waals surface area contributed by atoms with Gasteiger partial charge in [0.1, 0.15) is 11.4 Å². The maximum absolute atomic E-state index is 14.0. The van der Waals surface area contributed by atoms with Crippen LogP contribution in [0.15, 0.2) is 33.0 Å². The van der Waals surface area contributed by atoms with Crippen LogP contribution in [0.4, 0.5) is 92.6 Å². The van der Waals surface area contributed by atoms with Gasteiger partial charge in [-0.2, -0.15) is 87.8 Å². The lowest BCUT2D eigenvalue weighted by molar-refractivity contribution is -0.255. The molecule has 0 aromatic heterocycles. The fourth-order valence-corrected chi connectivity index (χ4v) is 6.15. The first-order chi connectivity index (χ1) is 19.9. The van der Waals surface area contributed by atoms with Crippen molar-refractivity contribution in [2.45, 2.75) is 53.0 Å².